The average Bonchev–Trinajstić information content (AvgIpc) is 3.11. The molecule has 32 heavy (non-hydrogen) atoms. The summed E-state index contributed by atoms with van der Waals surface area (Å²) >= 11 is 1.42. The van der Waals surface area contributed by atoms with Gasteiger partial charge in [0.1, 0.15) is 5.60 Å². The van der Waals surface area contributed by atoms with Gasteiger partial charge >= 0.3 is 12.1 Å². The molecule has 1 unspecified atom stereocenters. The molecule has 2 N–H and O–H groups in total. The van der Waals surface area contributed by atoms with E-state index in [9.17, 15) is 14.4 Å². The summed E-state index contributed by atoms with van der Waals surface area (Å²) in [4.78, 5) is 45.6. The Balaban J connectivity index is 1.70. The van der Waals surface area contributed by atoms with Crippen LogP contribution in [0.4, 0.5) is 4.79 Å². The highest BCUT2D eigenvalue weighted by atomic mass is 32.1. The number of nitrogens with zero attached hydrogens (tertiary/aromatic N) is 2. The molecule has 10 heteroatoms. The normalized spacial score (nSPS) is 23.7. The molecule has 0 radical (unpaired) electrons. The van der Waals surface area contributed by atoms with Gasteiger partial charge in [0.25, 0.3) is 5.91 Å². The van der Waals surface area contributed by atoms with Gasteiger partial charge in [-0.3, -0.25) is 9.59 Å². The van der Waals surface area contributed by atoms with Crippen LogP contribution in [0.25, 0.3) is 0 Å². The molecule has 1 aromatic rings. The number of alkyl carbamates (subject to hydrolysis) is 1. The highest BCUT2D eigenvalue weighted by Crippen LogP contribution is 2.28. The lowest BCUT2D eigenvalue weighted by atomic mass is 9.82. The van der Waals surface area contributed by atoms with Crippen LogP contribution in [0.3, 0.4) is 0 Å². The molecular formula is C22H34N4O5S. The molecule has 0 saturated heterocycles. The number of carbonyl (C=O) groups is 3. The van der Waals surface area contributed by atoms with E-state index in [0.717, 1.165) is 30.1 Å². The number of amides is 2. The molecule has 0 aromatic carbocycles. The van der Waals surface area contributed by atoms with Crippen LogP contribution in [0.15, 0.2) is 0 Å². The van der Waals surface area contributed by atoms with E-state index in [-0.39, 0.29) is 23.8 Å². The number of likely N-dealkylation sites (N-methyl/N-ethyl adjacent to an activating group) is 1. The third-order valence-electron chi connectivity index (χ3n) is 5.61. The Hall–Kier alpha value is -2.20. The van der Waals surface area contributed by atoms with Gasteiger partial charge in [-0.1, -0.05) is 0 Å². The Labute approximate surface area is 193 Å². The van der Waals surface area contributed by atoms with Crippen molar-refractivity contribution in [3.63, 3.8) is 0 Å². The number of esters is 1. The molecule has 2 amide bonds. The number of rotatable bonds is 5. The van der Waals surface area contributed by atoms with Crippen LogP contribution in [0.1, 0.15) is 67.3 Å². The predicted molar refractivity (Wildman–Crippen MR) is 121 cm³/mol. The van der Waals surface area contributed by atoms with Crippen molar-refractivity contribution >= 4 is 29.3 Å². The van der Waals surface area contributed by atoms with Gasteiger partial charge in [-0.15, -0.1) is 11.3 Å². The zero-order valence-electron chi connectivity index (χ0n) is 19.5. The molecule has 1 fully saturated rings. The lowest BCUT2D eigenvalue weighted by Crippen LogP contribution is -2.56. The Kier molecular flexibility index (Phi) is 7.76. The van der Waals surface area contributed by atoms with Crippen LogP contribution in [-0.4, -0.2) is 65.7 Å². The Morgan fingerprint density at radius 2 is 1.94 bits per heavy atom. The predicted octanol–water partition coefficient (Wildman–Crippen LogP) is 2.49. The van der Waals surface area contributed by atoms with E-state index in [4.69, 9.17) is 9.47 Å². The first-order valence-electron chi connectivity index (χ1n) is 11.2. The van der Waals surface area contributed by atoms with E-state index in [1.807, 2.05) is 0 Å². The van der Waals surface area contributed by atoms with Gasteiger partial charge < -0.3 is 25.0 Å². The number of hydrogen-bond acceptors (Lipinski definition) is 8. The SMILES string of the molecule is CCOC(=O)C1CC[C@@H](NC(=O)c2nc3c(s2)CN(C)CC3)[C@@H](NC(=O)OC(C)(C)C)C1. The summed E-state index contributed by atoms with van der Waals surface area (Å²) in [6.07, 6.45) is 1.77. The minimum Gasteiger partial charge on any atom is -0.466 e. The summed E-state index contributed by atoms with van der Waals surface area (Å²) in [5.41, 5.74) is 0.346. The number of thiazole rings is 1. The van der Waals surface area contributed by atoms with E-state index in [0.29, 0.717) is 30.9 Å². The van der Waals surface area contributed by atoms with Crippen molar-refractivity contribution in [2.75, 3.05) is 20.2 Å². The summed E-state index contributed by atoms with van der Waals surface area (Å²) in [5, 5.41) is 6.33. The van der Waals surface area contributed by atoms with Crippen LogP contribution >= 0.6 is 11.3 Å². The van der Waals surface area contributed by atoms with E-state index in [2.05, 4.69) is 27.6 Å². The minimum atomic E-state index is -0.648. The second-order valence-electron chi connectivity index (χ2n) is 9.47. The van der Waals surface area contributed by atoms with Gasteiger partial charge in [-0.2, -0.15) is 0 Å². The zero-order chi connectivity index (χ0) is 23.5. The fraction of sp³-hybridized carbons (Fsp3) is 0.727. The third kappa shape index (κ3) is 6.41. The van der Waals surface area contributed by atoms with Crippen LogP contribution in [0, 0.1) is 5.92 Å². The first-order chi connectivity index (χ1) is 15.1. The highest BCUT2D eigenvalue weighted by molar-refractivity contribution is 7.13. The zero-order valence-corrected chi connectivity index (χ0v) is 20.3. The fourth-order valence-electron chi connectivity index (χ4n) is 4.09. The maximum Gasteiger partial charge on any atom is 0.407 e. The van der Waals surface area contributed by atoms with E-state index < -0.39 is 17.7 Å². The second-order valence-corrected chi connectivity index (χ2v) is 10.6. The van der Waals surface area contributed by atoms with Gasteiger partial charge in [0.2, 0.25) is 0 Å². The maximum absolute atomic E-state index is 13.0. The number of carbonyl (C=O) groups excluding carboxylic acids is 3. The third-order valence-corrected chi connectivity index (χ3v) is 6.69. The summed E-state index contributed by atoms with van der Waals surface area (Å²) in [7, 11) is 2.05. The Morgan fingerprint density at radius 1 is 1.19 bits per heavy atom. The van der Waals surface area contributed by atoms with Crippen LogP contribution < -0.4 is 10.6 Å². The van der Waals surface area contributed by atoms with Crippen LogP contribution in [0.2, 0.25) is 0 Å². The smallest absolute Gasteiger partial charge is 0.407 e. The Bertz CT molecular complexity index is 850. The van der Waals surface area contributed by atoms with Crippen molar-refractivity contribution in [2.45, 2.75) is 77.6 Å². The van der Waals surface area contributed by atoms with Crippen molar-refractivity contribution in [1.82, 2.24) is 20.5 Å². The highest BCUT2D eigenvalue weighted by Gasteiger charge is 2.37. The first kappa shape index (κ1) is 24.4. The summed E-state index contributed by atoms with van der Waals surface area (Å²) in [6.45, 7) is 9.17. The molecule has 9 nitrogen and oxygen atoms in total. The molecule has 1 saturated carbocycles. The number of aromatic nitrogens is 1. The molecule has 3 rings (SSSR count). The standard InChI is InChI=1S/C22H34N4O5S/c1-6-30-20(28)13-7-8-14(16(11-13)25-21(29)31-22(2,3)4)23-18(27)19-24-15-9-10-26(5)12-17(15)32-19/h13-14,16H,6-12H2,1-5H3,(H,23,27)(H,25,29)/t13?,14-,16+/m1/s1. The van der Waals surface area contributed by atoms with Crippen molar-refractivity contribution < 1.29 is 23.9 Å². The van der Waals surface area contributed by atoms with Gasteiger partial charge in [0, 0.05) is 30.4 Å². The van der Waals surface area contributed by atoms with Crippen molar-refractivity contribution in [1.29, 1.82) is 0 Å². The van der Waals surface area contributed by atoms with Gasteiger partial charge in [-0.25, -0.2) is 9.78 Å². The number of nitrogens with one attached hydrogen (secondary N) is 2. The summed E-state index contributed by atoms with van der Waals surface area (Å²) in [6, 6.07) is -0.776. The molecule has 178 valence electrons. The molecule has 1 aliphatic carbocycles. The molecular weight excluding hydrogens is 432 g/mol. The van der Waals surface area contributed by atoms with Crippen molar-refractivity contribution in [3.8, 4) is 0 Å². The van der Waals surface area contributed by atoms with Crippen molar-refractivity contribution in [3.05, 3.63) is 15.6 Å². The monoisotopic (exact) mass is 466 g/mol. The number of fused-ring (bicyclic) bond motifs is 1. The molecule has 3 atom stereocenters. The van der Waals surface area contributed by atoms with Crippen LogP contribution in [-0.2, 0) is 27.2 Å². The largest absolute Gasteiger partial charge is 0.466 e. The second kappa shape index (κ2) is 10.2. The quantitative estimate of drug-likeness (QED) is 0.642. The molecule has 1 aliphatic heterocycles. The summed E-state index contributed by atoms with van der Waals surface area (Å²) in [5.74, 6) is -0.849. The lowest BCUT2D eigenvalue weighted by molar-refractivity contribution is -0.149. The Morgan fingerprint density at radius 3 is 2.62 bits per heavy atom. The number of hydrogen-bond donors (Lipinski definition) is 2. The molecule has 2 heterocycles. The van der Waals surface area contributed by atoms with E-state index in [1.54, 1.807) is 27.7 Å². The van der Waals surface area contributed by atoms with E-state index >= 15 is 0 Å². The van der Waals surface area contributed by atoms with E-state index in [1.165, 1.54) is 11.3 Å². The lowest BCUT2D eigenvalue weighted by Gasteiger charge is -2.36. The van der Waals surface area contributed by atoms with Gasteiger partial charge in [-0.05, 0) is 54.0 Å². The van der Waals surface area contributed by atoms with Gasteiger partial charge in [0.15, 0.2) is 5.01 Å². The molecule has 0 spiro atoms. The average molecular weight is 467 g/mol. The maximum atomic E-state index is 13.0. The first-order valence-corrected chi connectivity index (χ1v) is 12.0. The van der Waals surface area contributed by atoms with Gasteiger partial charge in [0.05, 0.1) is 24.3 Å². The fourth-order valence-corrected chi connectivity index (χ4v) is 5.18. The molecule has 0 bridgehead atoms. The number of ether oxygens (including phenoxy) is 2. The summed E-state index contributed by atoms with van der Waals surface area (Å²) < 4.78 is 10.6. The van der Waals surface area contributed by atoms with Crippen LogP contribution in [0.5, 0.6) is 0 Å². The van der Waals surface area contributed by atoms with Crippen molar-refractivity contribution in [2.24, 2.45) is 5.92 Å². The molecule has 2 aliphatic rings. The molecule has 1 aromatic heterocycles. The topological polar surface area (TPSA) is 110 Å². The minimum absolute atomic E-state index is 0.248.